The van der Waals surface area contributed by atoms with E-state index in [9.17, 15) is 12.8 Å². The van der Waals surface area contributed by atoms with Gasteiger partial charge < -0.3 is 4.90 Å². The van der Waals surface area contributed by atoms with Gasteiger partial charge in [-0.3, -0.25) is 4.90 Å². The van der Waals surface area contributed by atoms with Gasteiger partial charge in [-0.2, -0.15) is 0 Å². The van der Waals surface area contributed by atoms with E-state index in [1.807, 2.05) is 0 Å². The highest BCUT2D eigenvalue weighted by Crippen LogP contribution is 2.22. The Kier molecular flexibility index (Phi) is 7.09. The Labute approximate surface area is 174 Å². The van der Waals surface area contributed by atoms with E-state index in [0.29, 0.717) is 6.54 Å². The zero-order valence-corrected chi connectivity index (χ0v) is 18.3. The van der Waals surface area contributed by atoms with Gasteiger partial charge in [0.2, 0.25) is 10.0 Å². The molecule has 5 nitrogen and oxygen atoms in total. The van der Waals surface area contributed by atoms with Crippen LogP contribution in [-0.4, -0.2) is 52.6 Å². The SMILES string of the molecule is Cc1cccc(N2CCN(CCCNS(=O)(=O)c3ccc(F)cc3Br)CC2)c1. The average molecular weight is 470 g/mol. The highest BCUT2D eigenvalue weighted by atomic mass is 79.9. The standard InChI is InChI=1S/C20H25BrFN3O2S/c1-16-4-2-5-18(14-16)25-12-10-24(11-13-25)9-3-8-23-28(26,27)20-7-6-17(22)15-19(20)21/h2,4-7,14-15,23H,3,8-13H2,1H3. The third-order valence-corrected chi connectivity index (χ3v) is 7.30. The fourth-order valence-corrected chi connectivity index (χ4v) is 5.46. The summed E-state index contributed by atoms with van der Waals surface area (Å²) in [6.07, 6.45) is 0.725. The van der Waals surface area contributed by atoms with Crippen LogP contribution >= 0.6 is 15.9 Å². The average Bonchev–Trinajstić information content (AvgIpc) is 2.65. The minimum absolute atomic E-state index is 0.0562. The molecule has 1 aliphatic heterocycles. The molecule has 0 saturated carbocycles. The Morgan fingerprint density at radius 3 is 2.54 bits per heavy atom. The van der Waals surface area contributed by atoms with Crippen molar-refractivity contribution in [3.63, 3.8) is 0 Å². The zero-order valence-electron chi connectivity index (χ0n) is 15.9. The number of aryl methyl sites for hydroxylation is 1. The number of sulfonamides is 1. The third kappa shape index (κ3) is 5.53. The van der Waals surface area contributed by atoms with Crippen molar-refractivity contribution in [1.29, 1.82) is 0 Å². The van der Waals surface area contributed by atoms with Crippen LogP contribution in [-0.2, 0) is 10.0 Å². The summed E-state index contributed by atoms with van der Waals surface area (Å²) in [5, 5.41) is 0. The monoisotopic (exact) mass is 469 g/mol. The fourth-order valence-electron chi connectivity index (χ4n) is 3.33. The highest BCUT2D eigenvalue weighted by molar-refractivity contribution is 9.10. The molecule has 0 spiro atoms. The number of nitrogens with one attached hydrogen (secondary N) is 1. The Morgan fingerprint density at radius 1 is 1.11 bits per heavy atom. The number of hydrogen-bond donors (Lipinski definition) is 1. The Hall–Kier alpha value is -1.48. The summed E-state index contributed by atoms with van der Waals surface area (Å²) in [4.78, 5) is 4.80. The predicted molar refractivity (Wildman–Crippen MR) is 114 cm³/mol. The first kappa shape index (κ1) is 21.2. The molecule has 0 bridgehead atoms. The largest absolute Gasteiger partial charge is 0.369 e. The van der Waals surface area contributed by atoms with E-state index in [-0.39, 0.29) is 9.37 Å². The summed E-state index contributed by atoms with van der Waals surface area (Å²) in [6.45, 7) is 7.16. The van der Waals surface area contributed by atoms with Gasteiger partial charge in [0.05, 0.1) is 4.90 Å². The summed E-state index contributed by atoms with van der Waals surface area (Å²) < 4.78 is 40.7. The van der Waals surface area contributed by atoms with Crippen molar-refractivity contribution in [2.45, 2.75) is 18.2 Å². The quantitative estimate of drug-likeness (QED) is 0.631. The molecule has 1 heterocycles. The van der Waals surface area contributed by atoms with E-state index < -0.39 is 15.8 Å². The van der Waals surface area contributed by atoms with Crippen molar-refractivity contribution >= 4 is 31.6 Å². The van der Waals surface area contributed by atoms with Crippen molar-refractivity contribution in [3.8, 4) is 0 Å². The summed E-state index contributed by atoms with van der Waals surface area (Å²) in [6, 6.07) is 12.1. The van der Waals surface area contributed by atoms with Crippen molar-refractivity contribution in [1.82, 2.24) is 9.62 Å². The molecule has 0 unspecified atom stereocenters. The minimum atomic E-state index is -3.65. The first-order valence-corrected chi connectivity index (χ1v) is 11.6. The number of hydrogen-bond acceptors (Lipinski definition) is 4. The second-order valence-corrected chi connectivity index (χ2v) is 9.58. The fraction of sp³-hybridized carbons (Fsp3) is 0.400. The number of nitrogens with zero attached hydrogens (tertiary/aromatic N) is 2. The molecule has 28 heavy (non-hydrogen) atoms. The van der Waals surface area contributed by atoms with E-state index in [1.54, 1.807) is 0 Å². The van der Waals surface area contributed by atoms with E-state index in [1.165, 1.54) is 17.3 Å². The molecule has 0 aromatic heterocycles. The summed E-state index contributed by atoms with van der Waals surface area (Å²) in [7, 11) is -3.65. The number of piperazine rings is 1. The third-order valence-electron chi connectivity index (χ3n) is 4.87. The molecule has 0 amide bonds. The van der Waals surface area contributed by atoms with Crippen LogP contribution < -0.4 is 9.62 Å². The lowest BCUT2D eigenvalue weighted by Crippen LogP contribution is -2.47. The predicted octanol–water partition coefficient (Wildman–Crippen LogP) is 3.39. The molecule has 1 N–H and O–H groups in total. The van der Waals surface area contributed by atoms with Gasteiger partial charge in [0.1, 0.15) is 5.82 Å². The highest BCUT2D eigenvalue weighted by Gasteiger charge is 2.19. The maximum atomic E-state index is 13.1. The van der Waals surface area contributed by atoms with E-state index in [2.05, 4.69) is 61.6 Å². The van der Waals surface area contributed by atoms with Crippen LogP contribution in [0.1, 0.15) is 12.0 Å². The first-order valence-electron chi connectivity index (χ1n) is 9.34. The van der Waals surface area contributed by atoms with Gasteiger partial charge in [-0.15, -0.1) is 0 Å². The van der Waals surface area contributed by atoms with Gasteiger partial charge in [-0.05, 0) is 71.7 Å². The van der Waals surface area contributed by atoms with Gasteiger partial charge in [0.25, 0.3) is 0 Å². The van der Waals surface area contributed by atoms with Crippen LogP contribution in [0.4, 0.5) is 10.1 Å². The van der Waals surface area contributed by atoms with Gasteiger partial charge >= 0.3 is 0 Å². The van der Waals surface area contributed by atoms with Crippen molar-refractivity contribution in [3.05, 3.63) is 58.3 Å². The van der Waals surface area contributed by atoms with Crippen molar-refractivity contribution in [2.75, 3.05) is 44.2 Å². The second-order valence-electron chi connectivity index (χ2n) is 6.99. The van der Waals surface area contributed by atoms with Crippen LogP contribution in [0.3, 0.4) is 0 Å². The molecule has 0 atom stereocenters. The van der Waals surface area contributed by atoms with Gasteiger partial charge in [-0.25, -0.2) is 17.5 Å². The normalized spacial score (nSPS) is 15.8. The van der Waals surface area contributed by atoms with Crippen LogP contribution in [0.25, 0.3) is 0 Å². The lowest BCUT2D eigenvalue weighted by Gasteiger charge is -2.36. The smallest absolute Gasteiger partial charge is 0.241 e. The first-order chi connectivity index (χ1) is 13.3. The summed E-state index contributed by atoms with van der Waals surface area (Å²) >= 11 is 3.11. The molecule has 0 aliphatic carbocycles. The number of anilines is 1. The van der Waals surface area contributed by atoms with E-state index in [0.717, 1.165) is 51.3 Å². The lowest BCUT2D eigenvalue weighted by atomic mass is 10.2. The van der Waals surface area contributed by atoms with Crippen LogP contribution in [0, 0.1) is 12.7 Å². The Bertz CT molecular complexity index is 915. The molecule has 8 heteroatoms. The van der Waals surface area contributed by atoms with Crippen LogP contribution in [0.5, 0.6) is 0 Å². The van der Waals surface area contributed by atoms with E-state index >= 15 is 0 Å². The molecule has 0 radical (unpaired) electrons. The summed E-state index contributed by atoms with van der Waals surface area (Å²) in [5.74, 6) is -0.476. The maximum Gasteiger partial charge on any atom is 0.241 e. The van der Waals surface area contributed by atoms with E-state index in [4.69, 9.17) is 0 Å². The lowest BCUT2D eigenvalue weighted by molar-refractivity contribution is 0.255. The zero-order chi connectivity index (χ0) is 20.1. The topological polar surface area (TPSA) is 52.6 Å². The molecule has 1 aliphatic rings. The van der Waals surface area contributed by atoms with Crippen LogP contribution in [0.2, 0.25) is 0 Å². The second kappa shape index (κ2) is 9.35. The Balaban J connectivity index is 1.42. The van der Waals surface area contributed by atoms with Crippen LogP contribution in [0.15, 0.2) is 51.8 Å². The maximum absolute atomic E-state index is 13.1. The molecule has 3 rings (SSSR count). The summed E-state index contributed by atoms with van der Waals surface area (Å²) in [5.41, 5.74) is 2.53. The number of benzene rings is 2. The van der Waals surface area contributed by atoms with Crippen molar-refractivity contribution in [2.24, 2.45) is 0 Å². The molecule has 1 saturated heterocycles. The number of rotatable bonds is 7. The molecule has 152 valence electrons. The number of halogens is 2. The van der Waals surface area contributed by atoms with Gasteiger partial charge in [0, 0.05) is 42.9 Å². The molecule has 2 aromatic rings. The molecule has 1 fully saturated rings. The molecular weight excluding hydrogens is 445 g/mol. The Morgan fingerprint density at radius 2 is 1.86 bits per heavy atom. The molecular formula is C20H25BrFN3O2S. The van der Waals surface area contributed by atoms with Gasteiger partial charge in [0.15, 0.2) is 0 Å². The minimum Gasteiger partial charge on any atom is -0.369 e. The molecule has 2 aromatic carbocycles. The van der Waals surface area contributed by atoms with Gasteiger partial charge in [-0.1, -0.05) is 12.1 Å². The van der Waals surface area contributed by atoms with Crippen molar-refractivity contribution < 1.29 is 12.8 Å².